The van der Waals surface area contributed by atoms with Crippen LogP contribution in [-0.2, 0) is 4.43 Å². The molecule has 0 spiro atoms. The van der Waals surface area contributed by atoms with E-state index in [0.717, 1.165) is 16.7 Å². The maximum Gasteiger partial charge on any atom is 0.192 e. The maximum absolute atomic E-state index is 5.83. The Balaban J connectivity index is 2.58. The van der Waals surface area contributed by atoms with Gasteiger partial charge in [-0.3, -0.25) is 0 Å². The van der Waals surface area contributed by atoms with Crippen molar-refractivity contribution in [1.82, 2.24) is 0 Å². The summed E-state index contributed by atoms with van der Waals surface area (Å²) in [6, 6.07) is 6.70. The van der Waals surface area contributed by atoms with E-state index in [1.165, 1.54) is 16.3 Å². The van der Waals surface area contributed by atoms with Gasteiger partial charge in [0.2, 0.25) is 0 Å². The van der Waals surface area contributed by atoms with Crippen molar-refractivity contribution in [2.24, 2.45) is 0 Å². The highest BCUT2D eigenvalue weighted by atomic mass is 28.2. The highest BCUT2D eigenvalue weighted by Gasteiger charge is 2.01. The summed E-state index contributed by atoms with van der Waals surface area (Å²) >= 11 is 0. The third-order valence-corrected chi connectivity index (χ3v) is 5.28. The molecule has 1 rings (SSSR count). The monoisotopic (exact) mass is 223 g/mol. The van der Waals surface area contributed by atoms with Gasteiger partial charge in [-0.15, -0.1) is 0 Å². The maximum atomic E-state index is 5.83. The van der Waals surface area contributed by atoms with Crippen LogP contribution in [0.1, 0.15) is 17.5 Å². The normalized spacial score (nSPS) is 13.9. The predicted molar refractivity (Wildman–Crippen MR) is 68.9 cm³/mol. The van der Waals surface area contributed by atoms with E-state index >= 15 is 0 Å². The summed E-state index contributed by atoms with van der Waals surface area (Å²) in [6.45, 7) is 8.15. The molecule has 0 heterocycles. The van der Waals surface area contributed by atoms with Crippen molar-refractivity contribution < 1.29 is 4.43 Å². The van der Waals surface area contributed by atoms with Gasteiger partial charge in [0.1, 0.15) is 0 Å². The highest BCUT2D eigenvalue weighted by molar-refractivity contribution is 6.47. The number of benzene rings is 1. The average Bonchev–Trinajstić information content (AvgIpc) is 2.12. The molecule has 1 aromatic rings. The Kier molecular flexibility index (Phi) is 4.58. The Hall–Kier alpha value is -0.386. The van der Waals surface area contributed by atoms with Crippen LogP contribution in [0.3, 0.4) is 0 Å². The fourth-order valence-electron chi connectivity index (χ4n) is 1.47. The summed E-state index contributed by atoms with van der Waals surface area (Å²) in [5.74, 6) is 0. The van der Waals surface area contributed by atoms with Crippen molar-refractivity contribution in [3.05, 3.63) is 36.2 Å². The molecule has 1 unspecified atom stereocenters. The average molecular weight is 223 g/mol. The van der Waals surface area contributed by atoms with E-state index in [4.69, 9.17) is 4.43 Å². The van der Waals surface area contributed by atoms with E-state index in [1.807, 2.05) is 0 Å². The molecule has 14 heavy (non-hydrogen) atoms. The van der Waals surface area contributed by atoms with Crippen LogP contribution in [0, 0.1) is 20.8 Å². The molecular formula is C11H19OSi2. The van der Waals surface area contributed by atoms with E-state index in [0.29, 0.717) is 5.73 Å². The van der Waals surface area contributed by atoms with E-state index in [-0.39, 0.29) is 0 Å². The number of rotatable bonds is 4. The van der Waals surface area contributed by atoms with Crippen molar-refractivity contribution in [1.29, 1.82) is 0 Å². The Morgan fingerprint density at radius 3 is 2.43 bits per heavy atom. The van der Waals surface area contributed by atoms with Crippen LogP contribution in [0.2, 0.25) is 0 Å². The van der Waals surface area contributed by atoms with Gasteiger partial charge in [-0.1, -0.05) is 36.2 Å². The lowest BCUT2D eigenvalue weighted by Crippen LogP contribution is -2.24. The largest absolute Gasteiger partial charge is 0.420 e. The second-order valence-corrected chi connectivity index (χ2v) is 6.63. The molecule has 0 fully saturated rings. The molecule has 1 radical (unpaired) electrons. The van der Waals surface area contributed by atoms with E-state index in [9.17, 15) is 0 Å². The van der Waals surface area contributed by atoms with Crippen molar-refractivity contribution in [3.63, 3.8) is 0 Å². The second-order valence-electron chi connectivity index (χ2n) is 3.91. The van der Waals surface area contributed by atoms with Crippen molar-refractivity contribution in [2.45, 2.75) is 26.0 Å². The first kappa shape index (κ1) is 11.7. The zero-order valence-corrected chi connectivity index (χ0v) is 12.8. The van der Waals surface area contributed by atoms with Crippen LogP contribution >= 0.6 is 0 Å². The summed E-state index contributed by atoms with van der Waals surface area (Å²) in [7, 11) is 0.579. The molecule has 0 bridgehead atoms. The fourth-order valence-corrected chi connectivity index (χ4v) is 3.43. The van der Waals surface area contributed by atoms with Gasteiger partial charge < -0.3 is 4.43 Å². The van der Waals surface area contributed by atoms with Gasteiger partial charge in [0.05, 0.1) is 0 Å². The zero-order valence-electron chi connectivity index (χ0n) is 9.34. The van der Waals surface area contributed by atoms with Crippen LogP contribution < -0.4 is 5.19 Å². The van der Waals surface area contributed by atoms with Crippen LogP contribution in [0.4, 0.5) is 0 Å². The van der Waals surface area contributed by atoms with Crippen LogP contribution in [-0.4, -0.2) is 25.7 Å². The van der Waals surface area contributed by atoms with E-state index < -0.39 is 9.76 Å². The third-order valence-electron chi connectivity index (χ3n) is 2.22. The summed E-state index contributed by atoms with van der Waals surface area (Å²) in [4.78, 5) is 0. The Bertz CT molecular complexity index is 279. The molecular weight excluding hydrogens is 204 g/mol. The van der Waals surface area contributed by atoms with Gasteiger partial charge in [-0.05, 0) is 25.5 Å². The quantitative estimate of drug-likeness (QED) is 0.650. The van der Waals surface area contributed by atoms with Gasteiger partial charge in [-0.25, -0.2) is 0 Å². The summed E-state index contributed by atoms with van der Waals surface area (Å²) in [5, 5.41) is 1.41. The topological polar surface area (TPSA) is 9.23 Å². The van der Waals surface area contributed by atoms with Gasteiger partial charge in [0, 0.05) is 16.0 Å². The lowest BCUT2D eigenvalue weighted by Gasteiger charge is -2.11. The van der Waals surface area contributed by atoms with Gasteiger partial charge in [0.25, 0.3) is 0 Å². The lowest BCUT2D eigenvalue weighted by atomic mass is 10.2. The van der Waals surface area contributed by atoms with Gasteiger partial charge in [-0.2, -0.15) is 0 Å². The fraction of sp³-hybridized carbons (Fsp3) is 0.364. The zero-order chi connectivity index (χ0) is 10.6. The first-order chi connectivity index (χ1) is 6.61. The number of hydrogen-bond acceptors (Lipinski definition) is 1. The molecule has 1 atom stereocenters. The minimum atomic E-state index is -0.518. The first-order valence-corrected chi connectivity index (χ1v) is 7.53. The molecule has 0 saturated heterocycles. The number of aryl methyl sites for hydroxylation is 2. The minimum Gasteiger partial charge on any atom is -0.420 e. The van der Waals surface area contributed by atoms with Crippen molar-refractivity contribution in [3.8, 4) is 0 Å². The molecule has 3 heteroatoms. The standard InChI is InChI=1S/C11H19OSi2/c1-4-11(13)12-14-10-6-8(2)5-9(3)7-10/h5-7,11H,1,4,14H2,2-3,13H3. The summed E-state index contributed by atoms with van der Waals surface area (Å²) in [6.07, 6.45) is 0.921. The van der Waals surface area contributed by atoms with Crippen molar-refractivity contribution in [2.75, 3.05) is 0 Å². The minimum absolute atomic E-state index is 0.447. The molecule has 77 valence electrons. The second kappa shape index (κ2) is 5.48. The predicted octanol–water partition coefficient (Wildman–Crippen LogP) is -0.0552. The molecule has 1 nitrogen and oxygen atoms in total. The van der Waals surface area contributed by atoms with Gasteiger partial charge in [0.15, 0.2) is 9.76 Å². The van der Waals surface area contributed by atoms with Crippen molar-refractivity contribution >= 4 is 25.2 Å². The molecule has 0 amide bonds. The molecule has 0 aliphatic heterocycles. The SMILES string of the molecule is [CH2]CC([SiH3])O[SiH2]c1cc(C)cc(C)c1. The van der Waals surface area contributed by atoms with E-state index in [1.54, 1.807) is 0 Å². The molecule has 0 aromatic heterocycles. The Labute approximate surface area is 92.2 Å². The lowest BCUT2D eigenvalue weighted by molar-refractivity contribution is 0.305. The van der Waals surface area contributed by atoms with Crippen LogP contribution in [0.15, 0.2) is 18.2 Å². The Morgan fingerprint density at radius 1 is 1.36 bits per heavy atom. The van der Waals surface area contributed by atoms with Crippen LogP contribution in [0.25, 0.3) is 0 Å². The Morgan fingerprint density at radius 2 is 1.93 bits per heavy atom. The summed E-state index contributed by atoms with van der Waals surface area (Å²) < 4.78 is 5.83. The molecule has 1 aromatic carbocycles. The smallest absolute Gasteiger partial charge is 0.192 e. The molecule has 0 aliphatic rings. The highest BCUT2D eigenvalue weighted by Crippen LogP contribution is 2.00. The molecule has 0 aliphatic carbocycles. The molecule has 0 saturated carbocycles. The van der Waals surface area contributed by atoms with E-state index in [2.05, 4.69) is 39.0 Å². The first-order valence-electron chi connectivity index (χ1n) is 5.10. The van der Waals surface area contributed by atoms with Gasteiger partial charge >= 0.3 is 0 Å². The van der Waals surface area contributed by atoms with Crippen LogP contribution in [0.5, 0.6) is 0 Å². The number of hydrogen-bond donors (Lipinski definition) is 0. The third kappa shape index (κ3) is 3.78. The molecule has 0 N–H and O–H groups in total. The summed E-state index contributed by atoms with van der Waals surface area (Å²) in [5.41, 5.74) is 3.13.